The van der Waals surface area contributed by atoms with Crippen molar-refractivity contribution in [1.82, 2.24) is 9.80 Å². The van der Waals surface area contributed by atoms with Gasteiger partial charge in [-0.25, -0.2) is 0 Å². The molecule has 0 radical (unpaired) electrons. The standard InChI is InChI=1S/C21H26ClN3O2/c1-15-7-5-8-16(2)21(15)23-19(26)13-25(4)20(27)14-24(3)12-17-9-6-10-18(22)11-17/h5-11H,12-14H2,1-4H3,(H,23,26). The number of carbonyl (C=O) groups excluding carboxylic acids is 2. The van der Waals surface area contributed by atoms with E-state index in [4.69, 9.17) is 11.6 Å². The van der Waals surface area contributed by atoms with Crippen molar-refractivity contribution in [3.05, 3.63) is 64.2 Å². The molecule has 2 aromatic carbocycles. The second kappa shape index (κ2) is 9.53. The predicted molar refractivity (Wildman–Crippen MR) is 110 cm³/mol. The summed E-state index contributed by atoms with van der Waals surface area (Å²) in [6.45, 7) is 4.73. The summed E-state index contributed by atoms with van der Waals surface area (Å²) in [6.07, 6.45) is 0. The SMILES string of the molecule is Cc1cccc(C)c1NC(=O)CN(C)C(=O)CN(C)Cc1cccc(Cl)c1. The molecule has 0 aliphatic rings. The molecule has 6 heteroatoms. The maximum absolute atomic E-state index is 12.4. The van der Waals surface area contributed by atoms with Crippen LogP contribution in [0.5, 0.6) is 0 Å². The molecule has 0 atom stereocenters. The van der Waals surface area contributed by atoms with Crippen LogP contribution >= 0.6 is 11.6 Å². The molecule has 2 aromatic rings. The molecular weight excluding hydrogens is 362 g/mol. The monoisotopic (exact) mass is 387 g/mol. The topological polar surface area (TPSA) is 52.7 Å². The van der Waals surface area contributed by atoms with E-state index >= 15 is 0 Å². The van der Waals surface area contributed by atoms with Gasteiger partial charge in [0.25, 0.3) is 0 Å². The molecule has 144 valence electrons. The Morgan fingerprint density at radius 1 is 1.00 bits per heavy atom. The zero-order chi connectivity index (χ0) is 20.0. The van der Waals surface area contributed by atoms with Crippen LogP contribution in [0.1, 0.15) is 16.7 Å². The van der Waals surface area contributed by atoms with E-state index in [1.165, 1.54) is 4.90 Å². The Morgan fingerprint density at radius 3 is 2.26 bits per heavy atom. The van der Waals surface area contributed by atoms with Crippen LogP contribution in [0.2, 0.25) is 5.02 Å². The van der Waals surface area contributed by atoms with Crippen molar-refractivity contribution in [3.8, 4) is 0 Å². The average molecular weight is 388 g/mol. The largest absolute Gasteiger partial charge is 0.335 e. The molecule has 0 saturated carbocycles. The predicted octanol–water partition coefficient (Wildman–Crippen LogP) is 3.49. The number of carbonyl (C=O) groups is 2. The fraction of sp³-hybridized carbons (Fsp3) is 0.333. The molecular formula is C21H26ClN3O2. The number of aryl methyl sites for hydroxylation is 2. The Labute approximate surface area is 165 Å². The van der Waals surface area contributed by atoms with Crippen molar-refractivity contribution in [2.45, 2.75) is 20.4 Å². The minimum atomic E-state index is -0.208. The van der Waals surface area contributed by atoms with E-state index in [9.17, 15) is 9.59 Å². The normalized spacial score (nSPS) is 10.7. The summed E-state index contributed by atoms with van der Waals surface area (Å²) in [5.74, 6) is -0.322. The van der Waals surface area contributed by atoms with Crippen molar-refractivity contribution in [3.63, 3.8) is 0 Å². The second-order valence-electron chi connectivity index (χ2n) is 6.87. The highest BCUT2D eigenvalue weighted by molar-refractivity contribution is 6.30. The van der Waals surface area contributed by atoms with Gasteiger partial charge in [-0.1, -0.05) is 41.9 Å². The summed E-state index contributed by atoms with van der Waals surface area (Å²) in [5.41, 5.74) is 3.84. The van der Waals surface area contributed by atoms with Crippen LogP contribution in [0.4, 0.5) is 5.69 Å². The van der Waals surface area contributed by atoms with E-state index in [2.05, 4.69) is 5.32 Å². The van der Waals surface area contributed by atoms with Gasteiger partial charge in [-0.2, -0.15) is 0 Å². The quantitative estimate of drug-likeness (QED) is 0.791. The molecule has 0 unspecified atom stereocenters. The molecule has 0 fully saturated rings. The van der Waals surface area contributed by atoms with Crippen molar-refractivity contribution >= 4 is 29.1 Å². The lowest BCUT2D eigenvalue weighted by molar-refractivity contribution is -0.134. The lowest BCUT2D eigenvalue weighted by Gasteiger charge is -2.22. The van der Waals surface area contributed by atoms with Crippen LogP contribution in [0.15, 0.2) is 42.5 Å². The number of nitrogens with zero attached hydrogens (tertiary/aromatic N) is 2. The van der Waals surface area contributed by atoms with Gasteiger partial charge in [0.15, 0.2) is 0 Å². The molecule has 0 bridgehead atoms. The van der Waals surface area contributed by atoms with E-state index in [1.807, 2.05) is 68.3 Å². The summed E-state index contributed by atoms with van der Waals surface area (Å²) >= 11 is 5.99. The third-order valence-corrected chi connectivity index (χ3v) is 4.53. The van der Waals surface area contributed by atoms with E-state index in [0.29, 0.717) is 11.6 Å². The van der Waals surface area contributed by atoms with Gasteiger partial charge in [-0.05, 0) is 49.7 Å². The van der Waals surface area contributed by atoms with E-state index in [0.717, 1.165) is 22.4 Å². The van der Waals surface area contributed by atoms with Crippen LogP contribution in [0.25, 0.3) is 0 Å². The molecule has 0 heterocycles. The van der Waals surface area contributed by atoms with Gasteiger partial charge in [-0.3, -0.25) is 14.5 Å². The number of anilines is 1. The number of likely N-dealkylation sites (N-methyl/N-ethyl adjacent to an activating group) is 2. The van der Waals surface area contributed by atoms with Crippen LogP contribution < -0.4 is 5.32 Å². The first-order chi connectivity index (χ1) is 12.8. The van der Waals surface area contributed by atoms with Gasteiger partial charge in [0.2, 0.25) is 11.8 Å². The average Bonchev–Trinajstić information content (AvgIpc) is 2.58. The van der Waals surface area contributed by atoms with Crippen LogP contribution in [-0.4, -0.2) is 48.8 Å². The maximum Gasteiger partial charge on any atom is 0.243 e. The number of nitrogens with one attached hydrogen (secondary N) is 1. The maximum atomic E-state index is 12.4. The Hall–Kier alpha value is -2.37. The van der Waals surface area contributed by atoms with E-state index in [1.54, 1.807) is 7.05 Å². The molecule has 0 aliphatic heterocycles. The molecule has 0 aromatic heterocycles. The summed E-state index contributed by atoms with van der Waals surface area (Å²) in [4.78, 5) is 28.1. The third kappa shape index (κ3) is 6.38. The van der Waals surface area contributed by atoms with Gasteiger partial charge in [-0.15, -0.1) is 0 Å². The molecule has 0 aliphatic carbocycles. The van der Waals surface area contributed by atoms with Crippen molar-refractivity contribution < 1.29 is 9.59 Å². The number of para-hydroxylation sites is 1. The molecule has 27 heavy (non-hydrogen) atoms. The smallest absolute Gasteiger partial charge is 0.243 e. The summed E-state index contributed by atoms with van der Waals surface area (Å²) in [5, 5.41) is 3.58. The van der Waals surface area contributed by atoms with Crippen LogP contribution in [-0.2, 0) is 16.1 Å². The van der Waals surface area contributed by atoms with E-state index < -0.39 is 0 Å². The fourth-order valence-electron chi connectivity index (χ4n) is 2.85. The summed E-state index contributed by atoms with van der Waals surface area (Å²) in [6, 6.07) is 13.4. The number of rotatable bonds is 7. The first-order valence-corrected chi connectivity index (χ1v) is 9.17. The lowest BCUT2D eigenvalue weighted by Crippen LogP contribution is -2.40. The molecule has 5 nitrogen and oxygen atoms in total. The molecule has 0 spiro atoms. The van der Waals surface area contributed by atoms with Crippen LogP contribution in [0, 0.1) is 13.8 Å². The Kier molecular flexibility index (Phi) is 7.39. The minimum absolute atomic E-state index is 0.0115. The van der Waals surface area contributed by atoms with Gasteiger partial charge >= 0.3 is 0 Å². The van der Waals surface area contributed by atoms with Crippen molar-refractivity contribution in [2.24, 2.45) is 0 Å². The van der Waals surface area contributed by atoms with Crippen molar-refractivity contribution in [1.29, 1.82) is 0 Å². The Morgan fingerprint density at radius 2 is 1.63 bits per heavy atom. The first-order valence-electron chi connectivity index (χ1n) is 8.79. The molecule has 0 saturated heterocycles. The summed E-state index contributed by atoms with van der Waals surface area (Å²) in [7, 11) is 3.50. The number of amides is 2. The number of hydrogen-bond acceptors (Lipinski definition) is 3. The van der Waals surface area contributed by atoms with Gasteiger partial charge in [0, 0.05) is 24.3 Å². The minimum Gasteiger partial charge on any atom is -0.335 e. The molecule has 2 rings (SSSR count). The number of halogens is 1. The van der Waals surface area contributed by atoms with Gasteiger partial charge in [0.05, 0.1) is 13.1 Å². The highest BCUT2D eigenvalue weighted by Gasteiger charge is 2.16. The first kappa shape index (κ1) is 20.9. The third-order valence-electron chi connectivity index (χ3n) is 4.30. The van der Waals surface area contributed by atoms with Gasteiger partial charge in [0.1, 0.15) is 0 Å². The Balaban J connectivity index is 1.86. The zero-order valence-corrected chi connectivity index (χ0v) is 17.0. The number of hydrogen-bond donors (Lipinski definition) is 1. The molecule has 1 N–H and O–H groups in total. The Bertz CT molecular complexity index is 803. The van der Waals surface area contributed by atoms with Crippen molar-refractivity contribution in [2.75, 3.05) is 32.5 Å². The van der Waals surface area contributed by atoms with Gasteiger partial charge < -0.3 is 10.2 Å². The highest BCUT2D eigenvalue weighted by atomic mass is 35.5. The highest BCUT2D eigenvalue weighted by Crippen LogP contribution is 2.19. The van der Waals surface area contributed by atoms with E-state index in [-0.39, 0.29) is 24.9 Å². The lowest BCUT2D eigenvalue weighted by atomic mass is 10.1. The molecule has 2 amide bonds. The number of benzene rings is 2. The summed E-state index contributed by atoms with van der Waals surface area (Å²) < 4.78 is 0. The second-order valence-corrected chi connectivity index (χ2v) is 7.30. The zero-order valence-electron chi connectivity index (χ0n) is 16.3. The fourth-order valence-corrected chi connectivity index (χ4v) is 3.06. The van der Waals surface area contributed by atoms with Crippen LogP contribution in [0.3, 0.4) is 0 Å².